The Hall–Kier alpha value is -0.600. The molecule has 21 heavy (non-hydrogen) atoms. The van der Waals surface area contributed by atoms with Crippen molar-refractivity contribution < 1.29 is 39.9 Å². The first-order valence-electron chi connectivity index (χ1n) is 6.54. The molecule has 0 rings (SSSR count). The van der Waals surface area contributed by atoms with Crippen LogP contribution in [-0.2, 0) is 4.74 Å². The fourth-order valence-corrected chi connectivity index (χ4v) is 1.48. The van der Waals surface area contributed by atoms with E-state index in [4.69, 9.17) is 4.74 Å². The third kappa shape index (κ3) is 10.7. The first kappa shape index (κ1) is 20.4. The molecule has 9 heteroatoms. The number of alkyl halides is 8. The Morgan fingerprint density at radius 2 is 0.952 bits per heavy atom. The van der Waals surface area contributed by atoms with E-state index in [9.17, 15) is 35.1 Å². The Labute approximate surface area is 117 Å². The lowest BCUT2D eigenvalue weighted by Crippen LogP contribution is -2.24. The maximum absolute atomic E-state index is 12.5. The third-order valence-electron chi connectivity index (χ3n) is 2.70. The first-order chi connectivity index (χ1) is 9.55. The highest BCUT2D eigenvalue weighted by Gasteiger charge is 2.39. The van der Waals surface area contributed by atoms with Crippen molar-refractivity contribution in [2.45, 2.75) is 63.2 Å². The van der Waals surface area contributed by atoms with Crippen LogP contribution < -0.4 is 0 Å². The zero-order valence-electron chi connectivity index (χ0n) is 11.2. The van der Waals surface area contributed by atoms with Gasteiger partial charge in [0.15, 0.2) is 12.3 Å². The maximum Gasteiger partial charge on any atom is 0.419 e. The van der Waals surface area contributed by atoms with Gasteiger partial charge in [-0.1, -0.05) is 0 Å². The van der Waals surface area contributed by atoms with Crippen LogP contribution >= 0.6 is 0 Å². The van der Waals surface area contributed by atoms with Crippen LogP contribution in [0.2, 0.25) is 0 Å². The average Bonchev–Trinajstić information content (AvgIpc) is 2.33. The van der Waals surface area contributed by atoms with E-state index in [1.54, 1.807) is 0 Å². The molecule has 0 spiro atoms. The van der Waals surface area contributed by atoms with Gasteiger partial charge in [-0.2, -0.15) is 26.3 Å². The molecule has 0 aromatic heterocycles. The normalized spacial score (nSPS) is 16.0. The van der Waals surface area contributed by atoms with E-state index in [2.05, 4.69) is 0 Å². The van der Waals surface area contributed by atoms with Crippen molar-refractivity contribution in [2.75, 3.05) is 13.2 Å². The number of unbranched alkanes of at least 4 members (excludes halogenated alkanes) is 2. The quantitative estimate of drug-likeness (QED) is 0.398. The zero-order valence-corrected chi connectivity index (χ0v) is 11.2. The predicted octanol–water partition coefficient (Wildman–Crippen LogP) is 5.14. The summed E-state index contributed by atoms with van der Waals surface area (Å²) in [6.07, 6.45) is -16.2. The van der Waals surface area contributed by atoms with Gasteiger partial charge in [-0.05, 0) is 38.5 Å². The van der Waals surface area contributed by atoms with Crippen molar-refractivity contribution in [3.05, 3.63) is 0 Å². The predicted molar refractivity (Wildman–Crippen MR) is 60.4 cm³/mol. The SMILES string of the molecule is FC(CCCCOCCCCC(F)C(F)(F)F)C(F)(F)F. The van der Waals surface area contributed by atoms with E-state index in [0.29, 0.717) is 0 Å². The summed E-state index contributed by atoms with van der Waals surface area (Å²) >= 11 is 0. The second-order valence-electron chi connectivity index (χ2n) is 4.62. The van der Waals surface area contributed by atoms with Gasteiger partial charge in [0.1, 0.15) is 0 Å². The molecule has 0 N–H and O–H groups in total. The highest BCUT2D eigenvalue weighted by molar-refractivity contribution is 4.66. The van der Waals surface area contributed by atoms with Gasteiger partial charge in [-0.3, -0.25) is 0 Å². The molecule has 0 radical (unpaired) electrons. The molecule has 0 saturated carbocycles. The summed E-state index contributed by atoms with van der Waals surface area (Å²) in [6, 6.07) is 0. The Morgan fingerprint density at radius 1 is 0.619 bits per heavy atom. The molecule has 0 amide bonds. The van der Waals surface area contributed by atoms with Crippen LogP contribution in [0, 0.1) is 0 Å². The van der Waals surface area contributed by atoms with E-state index in [-0.39, 0.29) is 38.9 Å². The van der Waals surface area contributed by atoms with Gasteiger partial charge in [-0.15, -0.1) is 0 Å². The van der Waals surface area contributed by atoms with Crippen LogP contribution in [0.25, 0.3) is 0 Å². The summed E-state index contributed by atoms with van der Waals surface area (Å²) in [6.45, 7) is 0.200. The van der Waals surface area contributed by atoms with Crippen LogP contribution in [0.5, 0.6) is 0 Å². The van der Waals surface area contributed by atoms with Crippen molar-refractivity contribution in [3.8, 4) is 0 Å². The van der Waals surface area contributed by atoms with Crippen molar-refractivity contribution in [3.63, 3.8) is 0 Å². The largest absolute Gasteiger partial charge is 0.419 e. The third-order valence-corrected chi connectivity index (χ3v) is 2.70. The minimum absolute atomic E-state index is 0.00129. The number of halogens is 8. The number of hydrogen-bond acceptors (Lipinski definition) is 1. The van der Waals surface area contributed by atoms with Gasteiger partial charge in [0.25, 0.3) is 0 Å². The Kier molecular flexibility index (Phi) is 9.15. The van der Waals surface area contributed by atoms with Crippen LogP contribution in [0.1, 0.15) is 38.5 Å². The lowest BCUT2D eigenvalue weighted by Gasteiger charge is -2.12. The van der Waals surface area contributed by atoms with Crippen molar-refractivity contribution in [1.82, 2.24) is 0 Å². The van der Waals surface area contributed by atoms with Gasteiger partial charge >= 0.3 is 12.4 Å². The standard InChI is InChI=1S/C12H18F8O/c13-9(11(15,16)17)5-1-3-7-21-8-4-2-6-10(14)12(18,19)20/h9-10H,1-8H2. The Morgan fingerprint density at radius 3 is 1.24 bits per heavy atom. The molecule has 2 unspecified atom stereocenters. The minimum Gasteiger partial charge on any atom is -0.381 e. The molecule has 0 aromatic rings. The van der Waals surface area contributed by atoms with E-state index < -0.39 is 37.5 Å². The van der Waals surface area contributed by atoms with E-state index in [1.165, 1.54) is 0 Å². The lowest BCUT2D eigenvalue weighted by atomic mass is 10.1. The summed E-state index contributed by atoms with van der Waals surface area (Å²) < 4.78 is 101. The molecule has 0 heterocycles. The molecular formula is C12H18F8O. The zero-order chi connectivity index (χ0) is 16.5. The second kappa shape index (κ2) is 9.42. The highest BCUT2D eigenvalue weighted by Crippen LogP contribution is 2.27. The maximum atomic E-state index is 12.5. The molecule has 0 saturated heterocycles. The molecule has 0 fully saturated rings. The van der Waals surface area contributed by atoms with Crippen LogP contribution in [-0.4, -0.2) is 37.9 Å². The lowest BCUT2D eigenvalue weighted by molar-refractivity contribution is -0.182. The van der Waals surface area contributed by atoms with Gasteiger partial charge in [0.05, 0.1) is 0 Å². The van der Waals surface area contributed by atoms with Crippen LogP contribution in [0.3, 0.4) is 0 Å². The van der Waals surface area contributed by atoms with Gasteiger partial charge in [0.2, 0.25) is 0 Å². The van der Waals surface area contributed by atoms with E-state index >= 15 is 0 Å². The summed E-state index contributed by atoms with van der Waals surface area (Å²) in [4.78, 5) is 0. The smallest absolute Gasteiger partial charge is 0.381 e. The highest BCUT2D eigenvalue weighted by atomic mass is 19.4. The molecule has 0 aromatic carbocycles. The number of ether oxygens (including phenoxy) is 1. The summed E-state index contributed by atoms with van der Waals surface area (Å²) in [5.74, 6) is 0. The molecule has 2 atom stereocenters. The molecule has 0 bridgehead atoms. The first-order valence-corrected chi connectivity index (χ1v) is 6.54. The van der Waals surface area contributed by atoms with Gasteiger partial charge in [-0.25, -0.2) is 8.78 Å². The summed E-state index contributed by atoms with van der Waals surface area (Å²) in [5, 5.41) is 0. The Bertz CT molecular complexity index is 237. The molecule has 1 nitrogen and oxygen atoms in total. The van der Waals surface area contributed by atoms with E-state index in [1.807, 2.05) is 0 Å². The van der Waals surface area contributed by atoms with Crippen molar-refractivity contribution in [2.24, 2.45) is 0 Å². The van der Waals surface area contributed by atoms with Crippen molar-refractivity contribution >= 4 is 0 Å². The van der Waals surface area contributed by atoms with Gasteiger partial charge in [0, 0.05) is 13.2 Å². The fourth-order valence-electron chi connectivity index (χ4n) is 1.48. The van der Waals surface area contributed by atoms with Crippen LogP contribution in [0.15, 0.2) is 0 Å². The fraction of sp³-hybridized carbons (Fsp3) is 1.00. The monoisotopic (exact) mass is 330 g/mol. The molecule has 0 aliphatic rings. The van der Waals surface area contributed by atoms with E-state index in [0.717, 1.165) is 0 Å². The van der Waals surface area contributed by atoms with Crippen molar-refractivity contribution in [1.29, 1.82) is 0 Å². The Balaban J connectivity index is 3.38. The number of hydrogen-bond donors (Lipinski definition) is 0. The number of rotatable bonds is 10. The molecule has 0 aliphatic heterocycles. The second-order valence-corrected chi connectivity index (χ2v) is 4.62. The molecule has 128 valence electrons. The minimum atomic E-state index is -4.84. The summed E-state index contributed by atoms with van der Waals surface area (Å²) in [7, 11) is 0. The van der Waals surface area contributed by atoms with Crippen LogP contribution in [0.4, 0.5) is 35.1 Å². The average molecular weight is 330 g/mol. The molecule has 0 aliphatic carbocycles. The topological polar surface area (TPSA) is 9.23 Å². The van der Waals surface area contributed by atoms with Gasteiger partial charge < -0.3 is 4.74 Å². The molecular weight excluding hydrogens is 312 g/mol. The summed E-state index contributed by atoms with van der Waals surface area (Å²) in [5.41, 5.74) is 0.